The van der Waals surface area contributed by atoms with Gasteiger partial charge in [0.05, 0.1) is 0 Å². The Kier molecular flexibility index (Phi) is 5.40. The highest BCUT2D eigenvalue weighted by molar-refractivity contribution is 5.93. The molecule has 0 bridgehead atoms. The third kappa shape index (κ3) is 4.57. The summed E-state index contributed by atoms with van der Waals surface area (Å²) in [7, 11) is 3.43. The van der Waals surface area contributed by atoms with Gasteiger partial charge in [-0.25, -0.2) is 0 Å². The quantitative estimate of drug-likeness (QED) is 0.922. The second-order valence-corrected chi connectivity index (χ2v) is 5.97. The number of hydrogen-bond acceptors (Lipinski definition) is 3. The Morgan fingerprint density at radius 1 is 1.09 bits per heavy atom. The van der Waals surface area contributed by atoms with E-state index >= 15 is 0 Å². The monoisotopic (exact) mass is 313 g/mol. The van der Waals surface area contributed by atoms with Crippen LogP contribution in [0.25, 0.3) is 0 Å². The van der Waals surface area contributed by atoms with Crippen LogP contribution in [0.15, 0.2) is 42.5 Å². The standard InChI is InChI=1S/C19H23NO3/c1-13-9-14(2)11-16(10-13)18(21)12-23-17-7-5-15(6-8-17)19(22)20(3)4/h5-11,18,21H,12H2,1-4H3. The molecule has 1 atom stereocenters. The molecule has 4 heteroatoms. The summed E-state index contributed by atoms with van der Waals surface area (Å²) in [4.78, 5) is 13.3. The summed E-state index contributed by atoms with van der Waals surface area (Å²) in [6.45, 7) is 4.18. The lowest BCUT2D eigenvalue weighted by molar-refractivity contribution is 0.0827. The van der Waals surface area contributed by atoms with Crippen molar-refractivity contribution in [3.8, 4) is 5.75 Å². The number of aliphatic hydroxyl groups is 1. The van der Waals surface area contributed by atoms with E-state index in [1.807, 2.05) is 26.0 Å². The first kappa shape index (κ1) is 17.0. The minimum atomic E-state index is -0.684. The van der Waals surface area contributed by atoms with Crippen LogP contribution in [0.2, 0.25) is 0 Å². The van der Waals surface area contributed by atoms with Crippen molar-refractivity contribution in [2.75, 3.05) is 20.7 Å². The second-order valence-electron chi connectivity index (χ2n) is 5.97. The topological polar surface area (TPSA) is 49.8 Å². The van der Waals surface area contributed by atoms with Gasteiger partial charge in [0.15, 0.2) is 0 Å². The molecule has 0 heterocycles. The van der Waals surface area contributed by atoms with E-state index in [0.717, 1.165) is 16.7 Å². The summed E-state index contributed by atoms with van der Waals surface area (Å²) < 4.78 is 5.62. The molecule has 122 valence electrons. The molecule has 0 fully saturated rings. The van der Waals surface area contributed by atoms with Crippen LogP contribution < -0.4 is 4.74 Å². The Labute approximate surface area is 137 Å². The Bertz CT molecular complexity index is 657. The van der Waals surface area contributed by atoms with Gasteiger partial charge < -0.3 is 14.7 Å². The zero-order chi connectivity index (χ0) is 17.0. The predicted molar refractivity (Wildman–Crippen MR) is 90.8 cm³/mol. The largest absolute Gasteiger partial charge is 0.491 e. The molecule has 2 aromatic rings. The summed E-state index contributed by atoms with van der Waals surface area (Å²) in [5.74, 6) is 0.579. The summed E-state index contributed by atoms with van der Waals surface area (Å²) in [5.41, 5.74) is 3.69. The summed E-state index contributed by atoms with van der Waals surface area (Å²) in [5, 5.41) is 10.3. The molecule has 0 aliphatic rings. The average Bonchev–Trinajstić information content (AvgIpc) is 2.51. The van der Waals surface area contributed by atoms with Crippen LogP contribution in [0.5, 0.6) is 5.75 Å². The highest BCUT2D eigenvalue weighted by Crippen LogP contribution is 2.19. The van der Waals surface area contributed by atoms with Crippen molar-refractivity contribution in [2.24, 2.45) is 0 Å². The highest BCUT2D eigenvalue weighted by atomic mass is 16.5. The van der Waals surface area contributed by atoms with Crippen molar-refractivity contribution in [3.63, 3.8) is 0 Å². The van der Waals surface area contributed by atoms with Crippen LogP contribution >= 0.6 is 0 Å². The van der Waals surface area contributed by atoms with Gasteiger partial charge in [0.2, 0.25) is 0 Å². The van der Waals surface area contributed by atoms with E-state index in [1.54, 1.807) is 38.4 Å². The van der Waals surface area contributed by atoms with Crippen LogP contribution in [-0.2, 0) is 0 Å². The number of nitrogens with zero attached hydrogens (tertiary/aromatic N) is 1. The first-order valence-electron chi connectivity index (χ1n) is 7.57. The molecule has 1 unspecified atom stereocenters. The third-order valence-corrected chi connectivity index (χ3v) is 3.54. The predicted octanol–water partition coefficient (Wildman–Crippen LogP) is 3.12. The highest BCUT2D eigenvalue weighted by Gasteiger charge is 2.11. The van der Waals surface area contributed by atoms with Crippen molar-refractivity contribution < 1.29 is 14.6 Å². The Morgan fingerprint density at radius 2 is 1.65 bits per heavy atom. The Hall–Kier alpha value is -2.33. The lowest BCUT2D eigenvalue weighted by Crippen LogP contribution is -2.21. The van der Waals surface area contributed by atoms with Crippen LogP contribution in [0.3, 0.4) is 0 Å². The summed E-state index contributed by atoms with van der Waals surface area (Å²) >= 11 is 0. The van der Waals surface area contributed by atoms with Gasteiger partial charge in [-0.3, -0.25) is 4.79 Å². The zero-order valence-electron chi connectivity index (χ0n) is 14.0. The van der Waals surface area contributed by atoms with E-state index in [4.69, 9.17) is 4.74 Å². The smallest absolute Gasteiger partial charge is 0.253 e. The maximum atomic E-state index is 11.8. The number of carbonyl (C=O) groups is 1. The average molecular weight is 313 g/mol. The number of ether oxygens (including phenoxy) is 1. The molecule has 0 radical (unpaired) electrons. The molecule has 4 nitrogen and oxygen atoms in total. The van der Waals surface area contributed by atoms with Crippen molar-refractivity contribution in [2.45, 2.75) is 20.0 Å². The van der Waals surface area contributed by atoms with Crippen LogP contribution in [-0.4, -0.2) is 36.6 Å². The molecule has 0 aliphatic carbocycles. The molecule has 2 rings (SSSR count). The molecule has 1 N–H and O–H groups in total. The molecule has 0 aromatic heterocycles. The van der Waals surface area contributed by atoms with E-state index < -0.39 is 6.10 Å². The van der Waals surface area contributed by atoms with E-state index in [2.05, 4.69) is 6.07 Å². The normalized spacial score (nSPS) is 11.9. The molecule has 0 spiro atoms. The molecule has 23 heavy (non-hydrogen) atoms. The van der Waals surface area contributed by atoms with Crippen LogP contribution in [0.1, 0.15) is 33.2 Å². The number of rotatable bonds is 5. The molecular formula is C19H23NO3. The first-order valence-corrected chi connectivity index (χ1v) is 7.57. The Morgan fingerprint density at radius 3 is 2.17 bits per heavy atom. The third-order valence-electron chi connectivity index (χ3n) is 3.54. The fourth-order valence-electron chi connectivity index (χ4n) is 2.43. The van der Waals surface area contributed by atoms with E-state index in [0.29, 0.717) is 11.3 Å². The minimum Gasteiger partial charge on any atom is -0.491 e. The number of aliphatic hydroxyl groups excluding tert-OH is 1. The summed E-state index contributed by atoms with van der Waals surface area (Å²) in [6.07, 6.45) is -0.684. The number of aryl methyl sites for hydroxylation is 2. The van der Waals surface area contributed by atoms with Gasteiger partial charge in [-0.05, 0) is 43.7 Å². The van der Waals surface area contributed by atoms with Gasteiger partial charge >= 0.3 is 0 Å². The maximum absolute atomic E-state index is 11.8. The molecule has 1 amide bonds. The van der Waals surface area contributed by atoms with Crippen LogP contribution in [0, 0.1) is 13.8 Å². The van der Waals surface area contributed by atoms with Gasteiger partial charge in [0.25, 0.3) is 5.91 Å². The molecule has 2 aromatic carbocycles. The zero-order valence-corrected chi connectivity index (χ0v) is 14.0. The molecule has 0 aliphatic heterocycles. The fourth-order valence-corrected chi connectivity index (χ4v) is 2.43. The molecule has 0 saturated carbocycles. The van der Waals surface area contributed by atoms with Crippen molar-refractivity contribution >= 4 is 5.91 Å². The van der Waals surface area contributed by atoms with E-state index in [1.165, 1.54) is 4.90 Å². The fraction of sp³-hybridized carbons (Fsp3) is 0.316. The van der Waals surface area contributed by atoms with Crippen molar-refractivity contribution in [1.29, 1.82) is 0 Å². The van der Waals surface area contributed by atoms with Crippen molar-refractivity contribution in [3.05, 3.63) is 64.7 Å². The van der Waals surface area contributed by atoms with E-state index in [-0.39, 0.29) is 12.5 Å². The minimum absolute atomic E-state index is 0.0492. The van der Waals surface area contributed by atoms with Gasteiger partial charge in [0, 0.05) is 19.7 Å². The van der Waals surface area contributed by atoms with Gasteiger partial charge in [0.1, 0.15) is 18.5 Å². The molecule has 0 saturated heterocycles. The lowest BCUT2D eigenvalue weighted by atomic mass is 10.0. The second kappa shape index (κ2) is 7.29. The lowest BCUT2D eigenvalue weighted by Gasteiger charge is -2.15. The molecular weight excluding hydrogens is 290 g/mol. The SMILES string of the molecule is Cc1cc(C)cc(C(O)COc2ccc(C(=O)N(C)C)cc2)c1. The van der Waals surface area contributed by atoms with Gasteiger partial charge in [-0.15, -0.1) is 0 Å². The van der Waals surface area contributed by atoms with Gasteiger partial charge in [-0.1, -0.05) is 29.3 Å². The number of amides is 1. The first-order chi connectivity index (χ1) is 10.9. The van der Waals surface area contributed by atoms with Crippen LogP contribution in [0.4, 0.5) is 0 Å². The maximum Gasteiger partial charge on any atom is 0.253 e. The number of hydrogen-bond donors (Lipinski definition) is 1. The number of benzene rings is 2. The van der Waals surface area contributed by atoms with Gasteiger partial charge in [-0.2, -0.15) is 0 Å². The number of carbonyl (C=O) groups excluding carboxylic acids is 1. The van der Waals surface area contributed by atoms with E-state index in [9.17, 15) is 9.90 Å². The summed E-state index contributed by atoms with van der Waals surface area (Å²) in [6, 6.07) is 12.9. The Balaban J connectivity index is 1.99. The van der Waals surface area contributed by atoms with Crippen molar-refractivity contribution in [1.82, 2.24) is 4.90 Å².